The minimum atomic E-state index is -0.292. The number of aromatic nitrogens is 1. The van der Waals surface area contributed by atoms with Gasteiger partial charge in [0, 0.05) is 12.7 Å². The summed E-state index contributed by atoms with van der Waals surface area (Å²) >= 11 is 0. The lowest BCUT2D eigenvalue weighted by Gasteiger charge is -2.07. The molecule has 0 N–H and O–H groups in total. The minimum absolute atomic E-state index is 0.292. The molecule has 0 spiro atoms. The summed E-state index contributed by atoms with van der Waals surface area (Å²) < 4.78 is 7.11. The Morgan fingerprint density at radius 1 is 1.09 bits per heavy atom. The first-order valence-corrected chi connectivity index (χ1v) is 7.06. The number of aryl methyl sites for hydroxylation is 1. The molecule has 0 saturated carbocycles. The number of pyridine rings is 1. The molecule has 0 aliphatic carbocycles. The Hall–Kier alpha value is -2.88. The number of furan rings is 1. The molecule has 1 aromatic carbocycles. The summed E-state index contributed by atoms with van der Waals surface area (Å²) in [7, 11) is 0. The van der Waals surface area contributed by atoms with E-state index in [4.69, 9.17) is 4.42 Å². The van der Waals surface area contributed by atoms with Gasteiger partial charge in [-0.05, 0) is 30.7 Å². The standard InChI is InChI=1S/C18H16N2O2/c1-14-16(10-12-22-14)18(21)19-17-9-5-6-11-20(17)13-15-7-3-2-4-8-15/h2-12H,13H2,1H3. The van der Waals surface area contributed by atoms with Gasteiger partial charge in [0.25, 0.3) is 5.91 Å². The Kier molecular flexibility index (Phi) is 4.01. The number of carbonyl (C=O) groups excluding carboxylic acids is 1. The average molecular weight is 292 g/mol. The van der Waals surface area contributed by atoms with Crippen LogP contribution in [-0.4, -0.2) is 10.5 Å². The number of amides is 1. The molecule has 110 valence electrons. The van der Waals surface area contributed by atoms with Crippen LogP contribution in [0, 0.1) is 6.92 Å². The van der Waals surface area contributed by atoms with E-state index in [2.05, 4.69) is 4.99 Å². The van der Waals surface area contributed by atoms with Crippen molar-refractivity contribution in [2.45, 2.75) is 13.5 Å². The molecule has 0 aliphatic heterocycles. The largest absolute Gasteiger partial charge is 0.469 e. The summed E-state index contributed by atoms with van der Waals surface area (Å²) in [5.74, 6) is 0.290. The lowest BCUT2D eigenvalue weighted by Crippen LogP contribution is -2.22. The predicted octanol–water partition coefficient (Wildman–Crippen LogP) is 3.18. The molecule has 4 nitrogen and oxygen atoms in total. The van der Waals surface area contributed by atoms with E-state index < -0.39 is 0 Å². The molecule has 0 radical (unpaired) electrons. The first kappa shape index (κ1) is 14.1. The van der Waals surface area contributed by atoms with Crippen LogP contribution < -0.4 is 5.49 Å². The lowest BCUT2D eigenvalue weighted by molar-refractivity contribution is 0.0995. The number of carbonyl (C=O) groups is 1. The van der Waals surface area contributed by atoms with Gasteiger partial charge in [0.05, 0.1) is 11.8 Å². The molecule has 0 bridgehead atoms. The van der Waals surface area contributed by atoms with Crippen LogP contribution in [-0.2, 0) is 6.54 Å². The molecule has 1 amide bonds. The van der Waals surface area contributed by atoms with Crippen molar-refractivity contribution in [1.29, 1.82) is 0 Å². The first-order valence-electron chi connectivity index (χ1n) is 7.06. The van der Waals surface area contributed by atoms with Crippen LogP contribution in [0.3, 0.4) is 0 Å². The Morgan fingerprint density at radius 3 is 2.59 bits per heavy atom. The summed E-state index contributed by atoms with van der Waals surface area (Å²) in [5.41, 5.74) is 2.27. The Labute approximate surface area is 128 Å². The quantitative estimate of drug-likeness (QED) is 0.744. The third-order valence-electron chi connectivity index (χ3n) is 3.42. The van der Waals surface area contributed by atoms with E-state index in [0.29, 0.717) is 23.4 Å². The molecule has 0 unspecified atom stereocenters. The first-order chi connectivity index (χ1) is 10.7. The van der Waals surface area contributed by atoms with E-state index in [0.717, 1.165) is 5.56 Å². The van der Waals surface area contributed by atoms with Gasteiger partial charge in [-0.3, -0.25) is 4.79 Å². The maximum absolute atomic E-state index is 12.3. The summed E-state index contributed by atoms with van der Waals surface area (Å²) in [6.07, 6.45) is 3.42. The second kappa shape index (κ2) is 6.26. The van der Waals surface area contributed by atoms with Gasteiger partial charge >= 0.3 is 0 Å². The fourth-order valence-electron chi connectivity index (χ4n) is 2.25. The molecule has 2 aromatic heterocycles. The zero-order chi connectivity index (χ0) is 15.4. The normalized spacial score (nSPS) is 11.6. The van der Waals surface area contributed by atoms with Crippen LogP contribution in [0.4, 0.5) is 0 Å². The molecule has 2 heterocycles. The molecule has 22 heavy (non-hydrogen) atoms. The van der Waals surface area contributed by atoms with E-state index in [-0.39, 0.29) is 5.91 Å². The lowest BCUT2D eigenvalue weighted by atomic mass is 10.2. The van der Waals surface area contributed by atoms with E-state index in [1.807, 2.05) is 59.3 Å². The number of benzene rings is 1. The van der Waals surface area contributed by atoms with Crippen LogP contribution in [0.5, 0.6) is 0 Å². The molecule has 0 aliphatic rings. The van der Waals surface area contributed by atoms with Gasteiger partial charge in [-0.1, -0.05) is 36.4 Å². The molecule has 3 rings (SSSR count). The summed E-state index contributed by atoms with van der Waals surface area (Å²) in [5, 5.41) is 0. The van der Waals surface area contributed by atoms with Crippen LogP contribution in [0.2, 0.25) is 0 Å². The van der Waals surface area contributed by atoms with Gasteiger partial charge in [0.2, 0.25) is 0 Å². The molecular formula is C18H16N2O2. The molecule has 0 fully saturated rings. The van der Waals surface area contributed by atoms with Gasteiger partial charge < -0.3 is 8.98 Å². The zero-order valence-corrected chi connectivity index (χ0v) is 12.3. The Morgan fingerprint density at radius 2 is 1.86 bits per heavy atom. The van der Waals surface area contributed by atoms with Gasteiger partial charge in [-0.15, -0.1) is 0 Å². The highest BCUT2D eigenvalue weighted by Gasteiger charge is 2.10. The molecule has 4 heteroatoms. The molecule has 0 saturated heterocycles. The van der Waals surface area contributed by atoms with E-state index in [1.165, 1.54) is 6.26 Å². The highest BCUT2D eigenvalue weighted by atomic mass is 16.3. The van der Waals surface area contributed by atoms with Crippen molar-refractivity contribution in [3.63, 3.8) is 0 Å². The van der Waals surface area contributed by atoms with Crippen LogP contribution in [0.25, 0.3) is 0 Å². The van der Waals surface area contributed by atoms with Crippen LogP contribution in [0.1, 0.15) is 21.7 Å². The maximum atomic E-state index is 12.3. The number of hydrogen-bond donors (Lipinski definition) is 0. The highest BCUT2D eigenvalue weighted by Crippen LogP contribution is 2.09. The topological polar surface area (TPSA) is 47.5 Å². The minimum Gasteiger partial charge on any atom is -0.469 e. The van der Waals surface area contributed by atoms with Crippen molar-refractivity contribution in [3.8, 4) is 0 Å². The van der Waals surface area contributed by atoms with Gasteiger partial charge in [-0.25, -0.2) is 0 Å². The third kappa shape index (κ3) is 3.06. The van der Waals surface area contributed by atoms with E-state index in [9.17, 15) is 4.79 Å². The Bertz CT molecular complexity index is 845. The van der Waals surface area contributed by atoms with Crippen molar-refractivity contribution in [1.82, 2.24) is 4.57 Å². The van der Waals surface area contributed by atoms with Crippen molar-refractivity contribution in [2.75, 3.05) is 0 Å². The van der Waals surface area contributed by atoms with Crippen LogP contribution in [0.15, 0.2) is 76.5 Å². The highest BCUT2D eigenvalue weighted by molar-refractivity contribution is 5.95. The maximum Gasteiger partial charge on any atom is 0.282 e. The predicted molar refractivity (Wildman–Crippen MR) is 83.3 cm³/mol. The fraction of sp³-hybridized carbons (Fsp3) is 0.111. The van der Waals surface area contributed by atoms with Gasteiger partial charge in [0.1, 0.15) is 11.2 Å². The monoisotopic (exact) mass is 292 g/mol. The fourth-order valence-corrected chi connectivity index (χ4v) is 2.25. The number of rotatable bonds is 3. The molecular weight excluding hydrogens is 276 g/mol. The SMILES string of the molecule is Cc1occc1C(=O)N=c1ccccn1Cc1ccccc1. The zero-order valence-electron chi connectivity index (χ0n) is 12.3. The second-order valence-corrected chi connectivity index (χ2v) is 4.98. The summed E-state index contributed by atoms with van der Waals surface area (Å²) in [6.45, 7) is 2.42. The average Bonchev–Trinajstić information content (AvgIpc) is 2.96. The van der Waals surface area contributed by atoms with Crippen molar-refractivity contribution in [3.05, 3.63) is 89.4 Å². The van der Waals surface area contributed by atoms with Crippen LogP contribution >= 0.6 is 0 Å². The van der Waals surface area contributed by atoms with E-state index >= 15 is 0 Å². The van der Waals surface area contributed by atoms with E-state index in [1.54, 1.807) is 13.0 Å². The van der Waals surface area contributed by atoms with Crippen molar-refractivity contribution < 1.29 is 9.21 Å². The van der Waals surface area contributed by atoms with Gasteiger partial charge in [-0.2, -0.15) is 4.99 Å². The molecule has 3 aromatic rings. The smallest absolute Gasteiger partial charge is 0.282 e. The van der Waals surface area contributed by atoms with Crippen molar-refractivity contribution >= 4 is 5.91 Å². The van der Waals surface area contributed by atoms with Crippen molar-refractivity contribution in [2.24, 2.45) is 4.99 Å². The number of nitrogens with zero attached hydrogens (tertiary/aromatic N) is 2. The third-order valence-corrected chi connectivity index (χ3v) is 3.42. The summed E-state index contributed by atoms with van der Waals surface area (Å²) in [4.78, 5) is 16.5. The van der Waals surface area contributed by atoms with Gasteiger partial charge in [0.15, 0.2) is 0 Å². The number of hydrogen-bond acceptors (Lipinski definition) is 2. The summed E-state index contributed by atoms with van der Waals surface area (Å²) in [6, 6.07) is 17.3. The Balaban J connectivity index is 1.96. The molecule has 0 atom stereocenters. The second-order valence-electron chi connectivity index (χ2n) is 4.98.